The van der Waals surface area contributed by atoms with Crippen LogP contribution in [0.5, 0.6) is 11.5 Å². The summed E-state index contributed by atoms with van der Waals surface area (Å²) in [4.78, 5) is 12.0. The molecule has 0 fully saturated rings. The predicted molar refractivity (Wildman–Crippen MR) is 73.5 cm³/mol. The Hall–Kier alpha value is -1.97. The van der Waals surface area contributed by atoms with Crippen molar-refractivity contribution in [1.82, 2.24) is 5.32 Å². The molecule has 0 saturated heterocycles. The van der Waals surface area contributed by atoms with E-state index in [0.29, 0.717) is 12.3 Å². The third-order valence-corrected chi connectivity index (χ3v) is 3.32. The lowest BCUT2D eigenvalue weighted by molar-refractivity contribution is 0.0951. The minimum atomic E-state index is -0.269. The molecule has 0 saturated carbocycles. The van der Waals surface area contributed by atoms with Gasteiger partial charge in [0.25, 0.3) is 5.91 Å². The summed E-state index contributed by atoms with van der Waals surface area (Å²) < 4.78 is 5.05. The van der Waals surface area contributed by atoms with Crippen LogP contribution in [-0.2, 0) is 0 Å². The van der Waals surface area contributed by atoms with Crippen LogP contribution in [0.1, 0.15) is 36.0 Å². The normalized spacial score (nSPS) is 14.1. The van der Waals surface area contributed by atoms with Gasteiger partial charge in [-0.25, -0.2) is 0 Å². The molecule has 19 heavy (non-hydrogen) atoms. The molecule has 1 aromatic rings. The van der Waals surface area contributed by atoms with Crippen molar-refractivity contribution in [1.29, 1.82) is 0 Å². The Morgan fingerprint density at radius 2 is 2.32 bits per heavy atom. The minimum absolute atomic E-state index is 0.0293. The van der Waals surface area contributed by atoms with E-state index in [2.05, 4.69) is 11.4 Å². The van der Waals surface area contributed by atoms with Crippen LogP contribution in [-0.4, -0.2) is 24.7 Å². The van der Waals surface area contributed by atoms with E-state index in [1.807, 2.05) is 0 Å². The molecule has 0 radical (unpaired) electrons. The molecular weight excluding hydrogens is 242 g/mol. The molecular formula is C15H19NO3. The van der Waals surface area contributed by atoms with E-state index in [9.17, 15) is 9.90 Å². The van der Waals surface area contributed by atoms with Gasteiger partial charge < -0.3 is 15.2 Å². The number of hydrogen-bond acceptors (Lipinski definition) is 3. The van der Waals surface area contributed by atoms with Gasteiger partial charge in [-0.15, -0.1) is 0 Å². The highest BCUT2D eigenvalue weighted by Gasteiger charge is 2.12. The van der Waals surface area contributed by atoms with Crippen molar-refractivity contribution in [2.75, 3.05) is 13.7 Å². The van der Waals surface area contributed by atoms with Gasteiger partial charge in [-0.3, -0.25) is 4.79 Å². The van der Waals surface area contributed by atoms with E-state index in [0.717, 1.165) is 19.3 Å². The van der Waals surface area contributed by atoms with Crippen molar-refractivity contribution < 1.29 is 14.6 Å². The number of aromatic hydroxyl groups is 1. The summed E-state index contributed by atoms with van der Waals surface area (Å²) in [7, 11) is 1.53. The SMILES string of the molecule is COc1ccc(O)c(C(=O)NCCC2=CCCC2)c1. The number of allylic oxidation sites excluding steroid dienone is 1. The van der Waals surface area contributed by atoms with Crippen LogP contribution >= 0.6 is 0 Å². The van der Waals surface area contributed by atoms with Gasteiger partial charge in [-0.1, -0.05) is 11.6 Å². The molecule has 0 heterocycles. The molecule has 1 aromatic carbocycles. The Kier molecular flexibility index (Phi) is 4.44. The number of amides is 1. The summed E-state index contributed by atoms with van der Waals surface area (Å²) in [6.45, 7) is 0.599. The number of rotatable bonds is 5. The molecule has 4 nitrogen and oxygen atoms in total. The zero-order valence-electron chi connectivity index (χ0n) is 11.1. The molecule has 2 N–H and O–H groups in total. The van der Waals surface area contributed by atoms with Gasteiger partial charge in [0.15, 0.2) is 0 Å². The number of phenols is 1. The maximum atomic E-state index is 12.0. The van der Waals surface area contributed by atoms with Crippen molar-refractivity contribution in [2.45, 2.75) is 25.7 Å². The Labute approximate surface area is 113 Å². The number of hydrogen-bond donors (Lipinski definition) is 2. The standard InChI is InChI=1S/C15H19NO3/c1-19-12-6-7-14(17)13(10-12)15(18)16-9-8-11-4-2-3-5-11/h4,6-7,10,17H,2-3,5,8-9H2,1H3,(H,16,18). The Morgan fingerprint density at radius 1 is 1.47 bits per heavy atom. The highest BCUT2D eigenvalue weighted by Crippen LogP contribution is 2.23. The summed E-state index contributed by atoms with van der Waals surface area (Å²) in [6, 6.07) is 4.63. The number of benzene rings is 1. The van der Waals surface area contributed by atoms with Crippen LogP contribution in [0.4, 0.5) is 0 Å². The Balaban J connectivity index is 1.91. The molecule has 1 aliphatic rings. The predicted octanol–water partition coefficient (Wildman–Crippen LogP) is 2.63. The fraction of sp³-hybridized carbons (Fsp3) is 0.400. The second kappa shape index (κ2) is 6.27. The number of ether oxygens (including phenoxy) is 1. The van der Waals surface area contributed by atoms with Crippen molar-refractivity contribution in [3.63, 3.8) is 0 Å². The van der Waals surface area contributed by atoms with E-state index < -0.39 is 0 Å². The molecule has 0 unspecified atom stereocenters. The molecule has 0 aliphatic heterocycles. The highest BCUT2D eigenvalue weighted by molar-refractivity contribution is 5.97. The van der Waals surface area contributed by atoms with Gasteiger partial charge in [0.2, 0.25) is 0 Å². The zero-order valence-corrected chi connectivity index (χ0v) is 11.1. The average Bonchev–Trinajstić information content (AvgIpc) is 2.92. The average molecular weight is 261 g/mol. The minimum Gasteiger partial charge on any atom is -0.507 e. The van der Waals surface area contributed by atoms with Crippen molar-refractivity contribution >= 4 is 5.91 Å². The molecule has 1 amide bonds. The number of nitrogens with one attached hydrogen (secondary N) is 1. The second-order valence-corrected chi connectivity index (χ2v) is 4.64. The van der Waals surface area contributed by atoms with Crippen LogP contribution in [0.25, 0.3) is 0 Å². The first-order valence-corrected chi connectivity index (χ1v) is 6.54. The van der Waals surface area contributed by atoms with Crippen LogP contribution in [0.3, 0.4) is 0 Å². The van der Waals surface area contributed by atoms with Gasteiger partial charge in [-0.2, -0.15) is 0 Å². The summed E-state index contributed by atoms with van der Waals surface area (Å²) in [5, 5.41) is 12.5. The van der Waals surface area contributed by atoms with E-state index in [-0.39, 0.29) is 17.2 Å². The first-order chi connectivity index (χ1) is 9.20. The topological polar surface area (TPSA) is 58.6 Å². The lowest BCUT2D eigenvalue weighted by Crippen LogP contribution is -2.24. The van der Waals surface area contributed by atoms with E-state index in [1.54, 1.807) is 12.1 Å². The van der Waals surface area contributed by atoms with Crippen LogP contribution in [0.15, 0.2) is 29.8 Å². The highest BCUT2D eigenvalue weighted by atomic mass is 16.5. The largest absolute Gasteiger partial charge is 0.507 e. The van der Waals surface area contributed by atoms with E-state index >= 15 is 0 Å². The molecule has 102 valence electrons. The molecule has 0 aromatic heterocycles. The fourth-order valence-electron chi connectivity index (χ4n) is 2.22. The molecule has 0 spiro atoms. The molecule has 1 aliphatic carbocycles. The maximum absolute atomic E-state index is 12.0. The third kappa shape index (κ3) is 3.50. The van der Waals surface area contributed by atoms with E-state index in [1.165, 1.54) is 25.2 Å². The molecule has 2 rings (SSSR count). The molecule has 4 heteroatoms. The Bertz CT molecular complexity index is 494. The third-order valence-electron chi connectivity index (χ3n) is 3.32. The smallest absolute Gasteiger partial charge is 0.255 e. The molecule has 0 atom stereocenters. The van der Waals surface area contributed by atoms with Crippen molar-refractivity contribution in [3.05, 3.63) is 35.4 Å². The first kappa shape index (κ1) is 13.5. The number of methoxy groups -OCH3 is 1. The second-order valence-electron chi connectivity index (χ2n) is 4.64. The van der Waals surface area contributed by atoms with Crippen molar-refractivity contribution in [2.24, 2.45) is 0 Å². The van der Waals surface area contributed by atoms with Crippen molar-refractivity contribution in [3.8, 4) is 11.5 Å². The lowest BCUT2D eigenvalue weighted by Gasteiger charge is -2.08. The lowest BCUT2D eigenvalue weighted by atomic mass is 10.1. The van der Waals surface area contributed by atoms with Gasteiger partial charge in [-0.05, 0) is 43.9 Å². The van der Waals surface area contributed by atoms with Crippen LogP contribution < -0.4 is 10.1 Å². The maximum Gasteiger partial charge on any atom is 0.255 e. The number of carbonyl (C=O) groups is 1. The van der Waals surface area contributed by atoms with Gasteiger partial charge in [0.1, 0.15) is 11.5 Å². The van der Waals surface area contributed by atoms with Crippen LogP contribution in [0, 0.1) is 0 Å². The number of phenolic OH excluding ortho intramolecular Hbond substituents is 1. The monoisotopic (exact) mass is 261 g/mol. The summed E-state index contributed by atoms with van der Waals surface area (Å²) >= 11 is 0. The van der Waals surface area contributed by atoms with Crippen LogP contribution in [0.2, 0.25) is 0 Å². The van der Waals surface area contributed by atoms with E-state index in [4.69, 9.17) is 4.74 Å². The quantitative estimate of drug-likeness (QED) is 0.801. The zero-order chi connectivity index (χ0) is 13.7. The molecule has 0 bridgehead atoms. The van der Waals surface area contributed by atoms with Gasteiger partial charge in [0, 0.05) is 6.54 Å². The summed E-state index contributed by atoms with van der Waals surface area (Å²) in [5.41, 5.74) is 1.66. The first-order valence-electron chi connectivity index (χ1n) is 6.54. The summed E-state index contributed by atoms with van der Waals surface area (Å²) in [5.74, 6) is 0.259. The fourth-order valence-corrected chi connectivity index (χ4v) is 2.22. The number of carbonyl (C=O) groups excluding carboxylic acids is 1. The van der Waals surface area contributed by atoms with Gasteiger partial charge >= 0.3 is 0 Å². The van der Waals surface area contributed by atoms with Gasteiger partial charge in [0.05, 0.1) is 12.7 Å². The summed E-state index contributed by atoms with van der Waals surface area (Å²) in [6.07, 6.45) is 6.64. The Morgan fingerprint density at radius 3 is 3.00 bits per heavy atom.